The molecule has 1 aromatic heterocycles. The average Bonchev–Trinajstić information content (AvgIpc) is 2.85. The van der Waals surface area contributed by atoms with Crippen LogP contribution < -0.4 is 25.0 Å². The Bertz CT molecular complexity index is 1450. The smallest absolute Gasteiger partial charge is 0.416 e. The highest BCUT2D eigenvalue weighted by Crippen LogP contribution is 2.32. The largest absolute Gasteiger partial charge is 0.490 e. The van der Waals surface area contributed by atoms with E-state index in [1.54, 1.807) is 24.3 Å². The van der Waals surface area contributed by atoms with E-state index in [1.807, 2.05) is 6.92 Å². The second kappa shape index (κ2) is 10.4. The molecule has 1 amide bonds. The minimum Gasteiger partial charge on any atom is -0.490 e. The number of ether oxygens (including phenoxy) is 3. The number of rotatable bonds is 8. The van der Waals surface area contributed by atoms with Crippen LogP contribution in [0.1, 0.15) is 12.5 Å². The summed E-state index contributed by atoms with van der Waals surface area (Å²) in [6.07, 6.45) is -3.36. The van der Waals surface area contributed by atoms with Crippen LogP contribution in [0.3, 0.4) is 0 Å². The van der Waals surface area contributed by atoms with E-state index in [0.29, 0.717) is 18.1 Å². The molecule has 0 saturated heterocycles. The van der Waals surface area contributed by atoms with Gasteiger partial charge in [-0.3, -0.25) is 9.59 Å². The molecule has 0 radical (unpaired) electrons. The van der Waals surface area contributed by atoms with Crippen molar-refractivity contribution in [1.82, 2.24) is 0 Å². The van der Waals surface area contributed by atoms with Gasteiger partial charge in [-0.25, -0.2) is 0 Å². The Hall–Kier alpha value is -4.47. The average molecular weight is 499 g/mol. The van der Waals surface area contributed by atoms with Crippen LogP contribution >= 0.6 is 0 Å². The molecule has 10 heteroatoms. The van der Waals surface area contributed by atoms with E-state index in [-0.39, 0.29) is 28.2 Å². The second-order valence-electron chi connectivity index (χ2n) is 7.48. The van der Waals surface area contributed by atoms with Crippen LogP contribution in [0.4, 0.5) is 18.9 Å². The number of benzene rings is 3. The Morgan fingerprint density at radius 1 is 0.944 bits per heavy atom. The molecule has 0 saturated carbocycles. The molecule has 1 N–H and O–H groups in total. The third-order valence-electron chi connectivity index (χ3n) is 4.93. The topological polar surface area (TPSA) is 87.0 Å². The van der Waals surface area contributed by atoms with E-state index in [9.17, 15) is 22.8 Å². The molecule has 0 atom stereocenters. The van der Waals surface area contributed by atoms with Gasteiger partial charge in [0.25, 0.3) is 5.91 Å². The lowest BCUT2D eigenvalue weighted by atomic mass is 10.2. The summed E-state index contributed by atoms with van der Waals surface area (Å²) in [4.78, 5) is 25.0. The van der Waals surface area contributed by atoms with Gasteiger partial charge in [-0.05, 0) is 49.4 Å². The van der Waals surface area contributed by atoms with Crippen LogP contribution in [0.15, 0.2) is 82.2 Å². The highest BCUT2D eigenvalue weighted by atomic mass is 19.4. The fourth-order valence-corrected chi connectivity index (χ4v) is 3.30. The summed E-state index contributed by atoms with van der Waals surface area (Å²) in [5, 5.41) is 2.58. The van der Waals surface area contributed by atoms with Crippen molar-refractivity contribution in [1.29, 1.82) is 0 Å². The SMILES string of the molecule is CCOc1ccccc1Oc1coc2cc(OCC(=O)Nc3cccc(C(F)(F)F)c3)ccc2c1=O. The van der Waals surface area contributed by atoms with Gasteiger partial charge in [0.1, 0.15) is 17.6 Å². The quantitative estimate of drug-likeness (QED) is 0.319. The number of hydrogen-bond acceptors (Lipinski definition) is 6. The van der Waals surface area contributed by atoms with Crippen LogP contribution in [0, 0.1) is 0 Å². The number of carbonyl (C=O) groups is 1. The predicted molar refractivity (Wildman–Crippen MR) is 126 cm³/mol. The van der Waals surface area contributed by atoms with Gasteiger partial charge in [-0.1, -0.05) is 18.2 Å². The highest BCUT2D eigenvalue weighted by molar-refractivity contribution is 5.92. The third-order valence-corrected chi connectivity index (χ3v) is 4.93. The molecule has 0 aliphatic heterocycles. The molecule has 4 aromatic rings. The van der Waals surface area contributed by atoms with Crippen molar-refractivity contribution >= 4 is 22.6 Å². The summed E-state index contributed by atoms with van der Waals surface area (Å²) in [6, 6.07) is 15.5. The number of fused-ring (bicyclic) bond motifs is 1. The number of para-hydroxylation sites is 2. The van der Waals surface area contributed by atoms with Crippen LogP contribution in [0.2, 0.25) is 0 Å². The second-order valence-corrected chi connectivity index (χ2v) is 7.48. The number of alkyl halides is 3. The number of anilines is 1. The van der Waals surface area contributed by atoms with Crippen molar-refractivity contribution in [3.63, 3.8) is 0 Å². The summed E-state index contributed by atoms with van der Waals surface area (Å²) in [7, 11) is 0. The van der Waals surface area contributed by atoms with Crippen LogP contribution in [0.25, 0.3) is 11.0 Å². The summed E-state index contributed by atoms with van der Waals surface area (Å²) in [5.41, 5.74) is -1.12. The first-order chi connectivity index (χ1) is 17.2. The van der Waals surface area contributed by atoms with E-state index >= 15 is 0 Å². The van der Waals surface area contributed by atoms with Gasteiger partial charge in [0.2, 0.25) is 11.2 Å². The van der Waals surface area contributed by atoms with Gasteiger partial charge in [0, 0.05) is 11.8 Å². The maximum atomic E-state index is 12.9. The lowest BCUT2D eigenvalue weighted by molar-refractivity contribution is -0.137. The van der Waals surface area contributed by atoms with Crippen LogP contribution in [0.5, 0.6) is 23.0 Å². The van der Waals surface area contributed by atoms with Gasteiger partial charge < -0.3 is 23.9 Å². The molecule has 0 fully saturated rings. The Kier molecular flexibility index (Phi) is 7.14. The highest BCUT2D eigenvalue weighted by Gasteiger charge is 2.30. The Labute approximate surface area is 203 Å². The molecule has 0 aliphatic rings. The van der Waals surface area contributed by atoms with E-state index < -0.39 is 29.7 Å². The van der Waals surface area contributed by atoms with Gasteiger partial charge >= 0.3 is 6.18 Å². The standard InChI is InChI=1S/C26H20F3NO6/c1-2-33-20-8-3-4-9-21(20)36-23-14-35-22-13-18(10-11-19(22)25(23)32)34-15-24(31)30-17-7-5-6-16(12-17)26(27,28)29/h3-14H,2,15H2,1H3,(H,30,31). The van der Waals surface area contributed by atoms with E-state index in [0.717, 1.165) is 18.4 Å². The van der Waals surface area contributed by atoms with Gasteiger partial charge in [-0.2, -0.15) is 13.2 Å². The fraction of sp³-hybridized carbons (Fsp3) is 0.154. The fourth-order valence-electron chi connectivity index (χ4n) is 3.30. The molecular weight excluding hydrogens is 479 g/mol. The molecule has 4 rings (SSSR count). The summed E-state index contributed by atoms with van der Waals surface area (Å²) in [6.45, 7) is 1.78. The molecule has 0 aliphatic carbocycles. The van der Waals surface area contributed by atoms with Crippen molar-refractivity contribution in [3.05, 3.63) is 88.8 Å². The maximum absolute atomic E-state index is 12.9. The maximum Gasteiger partial charge on any atom is 0.416 e. The summed E-state index contributed by atoms with van der Waals surface area (Å²) in [5.74, 6) is 0.362. The van der Waals surface area contributed by atoms with Crippen molar-refractivity contribution in [2.24, 2.45) is 0 Å². The van der Waals surface area contributed by atoms with Crippen molar-refractivity contribution in [2.75, 3.05) is 18.5 Å². The zero-order valence-corrected chi connectivity index (χ0v) is 18.9. The molecule has 186 valence electrons. The molecule has 0 unspecified atom stereocenters. The monoisotopic (exact) mass is 499 g/mol. The molecule has 3 aromatic carbocycles. The molecule has 7 nitrogen and oxygen atoms in total. The lowest BCUT2D eigenvalue weighted by Gasteiger charge is -2.11. The zero-order valence-electron chi connectivity index (χ0n) is 18.9. The molecular formula is C26H20F3NO6. The van der Waals surface area contributed by atoms with Crippen LogP contribution in [-0.2, 0) is 11.0 Å². The summed E-state index contributed by atoms with van der Waals surface area (Å²) >= 11 is 0. The van der Waals surface area contributed by atoms with Crippen molar-refractivity contribution < 1.29 is 36.6 Å². The molecule has 0 bridgehead atoms. The Morgan fingerprint density at radius 3 is 2.47 bits per heavy atom. The molecule has 36 heavy (non-hydrogen) atoms. The number of hydrogen-bond donors (Lipinski definition) is 1. The van der Waals surface area contributed by atoms with Crippen molar-refractivity contribution in [3.8, 4) is 23.0 Å². The van der Waals surface area contributed by atoms with Gasteiger partial charge in [0.15, 0.2) is 18.1 Å². The lowest BCUT2D eigenvalue weighted by Crippen LogP contribution is -2.20. The first-order valence-electron chi connectivity index (χ1n) is 10.8. The number of nitrogens with one attached hydrogen (secondary N) is 1. The molecule has 0 spiro atoms. The number of amides is 1. The Balaban J connectivity index is 1.44. The first kappa shape index (κ1) is 24.6. The minimum atomic E-state index is -4.52. The Morgan fingerprint density at radius 2 is 1.72 bits per heavy atom. The van der Waals surface area contributed by atoms with E-state index in [4.69, 9.17) is 18.6 Å². The zero-order chi connectivity index (χ0) is 25.7. The van der Waals surface area contributed by atoms with Gasteiger partial charge in [-0.15, -0.1) is 0 Å². The first-order valence-corrected chi connectivity index (χ1v) is 10.8. The molecule has 1 heterocycles. The number of carbonyl (C=O) groups excluding carboxylic acids is 1. The number of halogens is 3. The predicted octanol–water partition coefficient (Wildman–Crippen LogP) is 6.02. The van der Waals surface area contributed by atoms with E-state index in [1.165, 1.54) is 30.3 Å². The minimum absolute atomic E-state index is 0.0126. The van der Waals surface area contributed by atoms with Gasteiger partial charge in [0.05, 0.1) is 17.6 Å². The summed E-state index contributed by atoms with van der Waals surface area (Å²) < 4.78 is 60.6. The van der Waals surface area contributed by atoms with E-state index in [2.05, 4.69) is 5.32 Å². The third kappa shape index (κ3) is 5.77. The van der Waals surface area contributed by atoms with Crippen LogP contribution in [-0.4, -0.2) is 19.1 Å². The normalized spacial score (nSPS) is 11.2. The van der Waals surface area contributed by atoms with Crippen molar-refractivity contribution in [2.45, 2.75) is 13.1 Å².